The molecule has 0 atom stereocenters. The summed E-state index contributed by atoms with van der Waals surface area (Å²) in [6.45, 7) is 3.85. The van der Waals surface area contributed by atoms with E-state index in [9.17, 15) is 9.59 Å². The van der Waals surface area contributed by atoms with Gasteiger partial charge in [-0.05, 0) is 25.5 Å². The average molecular weight is 413 g/mol. The summed E-state index contributed by atoms with van der Waals surface area (Å²) in [4.78, 5) is 31.1. The van der Waals surface area contributed by atoms with Gasteiger partial charge in [-0.25, -0.2) is 4.98 Å². The molecule has 1 amide bonds. The number of hydrogen-bond acceptors (Lipinski definition) is 4. The Labute approximate surface area is 179 Å². The zero-order valence-electron chi connectivity index (χ0n) is 16.7. The lowest BCUT2D eigenvalue weighted by Gasteiger charge is -2.06. The standard InChI is InChI=1S/C25H20N2O2S/c1-16-13-14-17(2)20(15-16)24(29)27-25-26-21(18-9-5-3-6-10-18)23(30-25)22(28)19-11-7-4-8-12-19/h3-15H,1-2H3,(H,26,27,29). The smallest absolute Gasteiger partial charge is 0.257 e. The van der Waals surface area contributed by atoms with Gasteiger partial charge in [-0.1, -0.05) is 89.7 Å². The summed E-state index contributed by atoms with van der Waals surface area (Å²) in [5.41, 5.74) is 4.49. The van der Waals surface area contributed by atoms with Crippen LogP contribution in [0.15, 0.2) is 78.9 Å². The maximum atomic E-state index is 13.2. The van der Waals surface area contributed by atoms with Crippen molar-refractivity contribution >= 4 is 28.2 Å². The molecule has 4 nitrogen and oxygen atoms in total. The van der Waals surface area contributed by atoms with Crippen molar-refractivity contribution in [3.05, 3.63) is 106 Å². The van der Waals surface area contributed by atoms with Crippen LogP contribution in [0.5, 0.6) is 0 Å². The Hall–Kier alpha value is -3.57. The summed E-state index contributed by atoms with van der Waals surface area (Å²) < 4.78 is 0. The highest BCUT2D eigenvalue weighted by atomic mass is 32.1. The van der Waals surface area contributed by atoms with Crippen molar-refractivity contribution in [3.8, 4) is 11.3 Å². The van der Waals surface area contributed by atoms with E-state index in [-0.39, 0.29) is 11.7 Å². The molecule has 0 unspecified atom stereocenters. The monoisotopic (exact) mass is 412 g/mol. The van der Waals surface area contributed by atoms with E-state index >= 15 is 0 Å². The lowest BCUT2D eigenvalue weighted by molar-refractivity contribution is 0.102. The number of rotatable bonds is 5. The molecule has 0 spiro atoms. The van der Waals surface area contributed by atoms with Crippen LogP contribution in [0.25, 0.3) is 11.3 Å². The number of nitrogens with one attached hydrogen (secondary N) is 1. The topological polar surface area (TPSA) is 59.1 Å². The molecule has 4 rings (SSSR count). The number of amides is 1. The molecule has 4 aromatic rings. The molecule has 148 valence electrons. The lowest BCUT2D eigenvalue weighted by atomic mass is 10.1. The Kier molecular flexibility index (Phi) is 5.55. The molecule has 0 saturated carbocycles. The Morgan fingerprint density at radius 2 is 1.53 bits per heavy atom. The zero-order chi connectivity index (χ0) is 21.1. The third-order valence-electron chi connectivity index (χ3n) is 4.77. The molecule has 30 heavy (non-hydrogen) atoms. The summed E-state index contributed by atoms with van der Waals surface area (Å²) in [5.74, 6) is -0.345. The molecule has 5 heteroatoms. The van der Waals surface area contributed by atoms with E-state index < -0.39 is 0 Å². The summed E-state index contributed by atoms with van der Waals surface area (Å²) in [6.07, 6.45) is 0. The van der Waals surface area contributed by atoms with Crippen molar-refractivity contribution in [3.63, 3.8) is 0 Å². The van der Waals surface area contributed by atoms with Crippen LogP contribution in [-0.2, 0) is 0 Å². The van der Waals surface area contributed by atoms with Gasteiger partial charge in [0.25, 0.3) is 5.91 Å². The number of carbonyl (C=O) groups excluding carboxylic acids is 2. The van der Waals surface area contributed by atoms with Crippen molar-refractivity contribution in [2.45, 2.75) is 13.8 Å². The van der Waals surface area contributed by atoms with Gasteiger partial charge in [0.05, 0.1) is 5.69 Å². The average Bonchev–Trinajstić information content (AvgIpc) is 3.19. The summed E-state index contributed by atoms with van der Waals surface area (Å²) in [7, 11) is 0. The first-order valence-electron chi connectivity index (χ1n) is 9.57. The van der Waals surface area contributed by atoms with Crippen LogP contribution in [0.4, 0.5) is 5.13 Å². The fourth-order valence-corrected chi connectivity index (χ4v) is 4.13. The number of nitrogens with zero attached hydrogens (tertiary/aromatic N) is 1. The second-order valence-electron chi connectivity index (χ2n) is 7.03. The Morgan fingerprint density at radius 1 is 0.867 bits per heavy atom. The molecule has 1 aromatic heterocycles. The molecule has 0 saturated heterocycles. The third-order valence-corrected chi connectivity index (χ3v) is 5.74. The predicted molar refractivity (Wildman–Crippen MR) is 121 cm³/mol. The maximum absolute atomic E-state index is 13.2. The van der Waals surface area contributed by atoms with E-state index in [1.165, 1.54) is 11.3 Å². The number of hydrogen-bond donors (Lipinski definition) is 1. The van der Waals surface area contributed by atoms with E-state index in [4.69, 9.17) is 0 Å². The van der Waals surface area contributed by atoms with Gasteiger partial charge in [0.2, 0.25) is 5.78 Å². The van der Waals surface area contributed by atoms with Crippen LogP contribution in [0.1, 0.15) is 36.7 Å². The van der Waals surface area contributed by atoms with Crippen molar-refractivity contribution in [1.82, 2.24) is 4.98 Å². The van der Waals surface area contributed by atoms with Gasteiger partial charge in [0, 0.05) is 16.7 Å². The highest BCUT2D eigenvalue weighted by molar-refractivity contribution is 7.18. The number of ketones is 1. The second kappa shape index (κ2) is 8.43. The van der Waals surface area contributed by atoms with Gasteiger partial charge in [-0.2, -0.15) is 0 Å². The summed E-state index contributed by atoms with van der Waals surface area (Å²) >= 11 is 1.20. The van der Waals surface area contributed by atoms with Crippen molar-refractivity contribution in [2.24, 2.45) is 0 Å². The molecule has 0 aliphatic heterocycles. The van der Waals surface area contributed by atoms with Crippen LogP contribution < -0.4 is 5.32 Å². The van der Waals surface area contributed by atoms with Crippen LogP contribution >= 0.6 is 11.3 Å². The maximum Gasteiger partial charge on any atom is 0.257 e. The number of anilines is 1. The first-order chi connectivity index (χ1) is 14.5. The molecule has 0 fully saturated rings. The van der Waals surface area contributed by atoms with Crippen LogP contribution in [0.2, 0.25) is 0 Å². The molecule has 0 bridgehead atoms. The summed E-state index contributed by atoms with van der Waals surface area (Å²) in [6, 6.07) is 24.4. The molecule has 0 aliphatic carbocycles. The van der Waals surface area contributed by atoms with Gasteiger partial charge >= 0.3 is 0 Å². The summed E-state index contributed by atoms with van der Waals surface area (Å²) in [5, 5.41) is 3.28. The molecule has 0 radical (unpaired) electrons. The Balaban J connectivity index is 1.73. The van der Waals surface area contributed by atoms with Crippen LogP contribution in [-0.4, -0.2) is 16.7 Å². The highest BCUT2D eigenvalue weighted by Gasteiger charge is 2.22. The first kappa shape index (κ1) is 19.7. The number of aryl methyl sites for hydroxylation is 2. The molecule has 0 aliphatic rings. The van der Waals surface area contributed by atoms with Crippen LogP contribution in [0.3, 0.4) is 0 Å². The Bertz CT molecular complexity index is 1210. The Morgan fingerprint density at radius 3 is 2.23 bits per heavy atom. The molecule has 3 aromatic carbocycles. The largest absolute Gasteiger partial charge is 0.298 e. The minimum atomic E-state index is -0.233. The van der Waals surface area contributed by atoms with E-state index in [1.54, 1.807) is 12.1 Å². The van der Waals surface area contributed by atoms with Crippen LogP contribution in [0, 0.1) is 13.8 Å². The first-order valence-corrected chi connectivity index (χ1v) is 10.4. The number of aromatic nitrogens is 1. The van der Waals surface area contributed by atoms with Gasteiger partial charge in [0.15, 0.2) is 5.13 Å². The van der Waals surface area contributed by atoms with Crippen molar-refractivity contribution in [1.29, 1.82) is 0 Å². The minimum Gasteiger partial charge on any atom is -0.298 e. The van der Waals surface area contributed by atoms with E-state index in [1.807, 2.05) is 80.6 Å². The predicted octanol–water partition coefficient (Wildman–Crippen LogP) is 5.91. The molecule has 1 heterocycles. The molecule has 1 N–H and O–H groups in total. The van der Waals surface area contributed by atoms with E-state index in [0.717, 1.165) is 16.7 Å². The van der Waals surface area contributed by atoms with Gasteiger partial charge < -0.3 is 0 Å². The van der Waals surface area contributed by atoms with Crippen molar-refractivity contribution < 1.29 is 9.59 Å². The van der Waals surface area contributed by atoms with E-state index in [2.05, 4.69) is 10.3 Å². The molecular formula is C25H20N2O2S. The number of carbonyl (C=O) groups is 2. The highest BCUT2D eigenvalue weighted by Crippen LogP contribution is 2.33. The second-order valence-corrected chi connectivity index (χ2v) is 8.03. The normalized spacial score (nSPS) is 10.6. The van der Waals surface area contributed by atoms with Gasteiger partial charge in [-0.15, -0.1) is 0 Å². The van der Waals surface area contributed by atoms with Crippen molar-refractivity contribution in [2.75, 3.05) is 5.32 Å². The lowest BCUT2D eigenvalue weighted by Crippen LogP contribution is -2.13. The SMILES string of the molecule is Cc1ccc(C)c(C(=O)Nc2nc(-c3ccccc3)c(C(=O)c3ccccc3)s2)c1. The third kappa shape index (κ3) is 4.07. The molecular weight excluding hydrogens is 392 g/mol. The fraction of sp³-hybridized carbons (Fsp3) is 0.0800. The minimum absolute atomic E-state index is 0.112. The van der Waals surface area contributed by atoms with Gasteiger partial charge in [-0.3, -0.25) is 14.9 Å². The van der Waals surface area contributed by atoms with Gasteiger partial charge in [0.1, 0.15) is 4.88 Å². The number of benzene rings is 3. The fourth-order valence-electron chi connectivity index (χ4n) is 3.18. The quantitative estimate of drug-likeness (QED) is 0.415. The van der Waals surface area contributed by atoms with E-state index in [0.29, 0.717) is 26.8 Å². The number of thiazole rings is 1. The zero-order valence-corrected chi connectivity index (χ0v) is 17.5.